The van der Waals surface area contributed by atoms with Gasteiger partial charge in [-0.1, -0.05) is 38.1 Å². The SMILES string of the molecule is CC(=O)OCCOC(=O)NC(CC/C=C/C(=O)N(C)C)C(=O)Nc1cccn(Cc2cc3cccc(CC(C)C)c3[nH]2)c1=O. The number of carbonyl (C=O) groups is 4. The number of hydrogen-bond donors (Lipinski definition) is 3. The third-order valence-electron chi connectivity index (χ3n) is 6.60. The van der Waals surface area contributed by atoms with Gasteiger partial charge < -0.3 is 34.6 Å². The molecule has 0 saturated heterocycles. The van der Waals surface area contributed by atoms with Crippen molar-refractivity contribution in [2.75, 3.05) is 32.6 Å². The summed E-state index contributed by atoms with van der Waals surface area (Å²) in [5, 5.41) is 6.18. The minimum atomic E-state index is -1.09. The Morgan fingerprint density at radius 3 is 2.52 bits per heavy atom. The summed E-state index contributed by atoms with van der Waals surface area (Å²) in [5.74, 6) is -0.875. The van der Waals surface area contributed by atoms with Gasteiger partial charge in [0.1, 0.15) is 24.9 Å². The Bertz CT molecular complexity index is 1550. The molecule has 12 nitrogen and oxygen atoms in total. The molecular weight excluding hydrogens is 566 g/mol. The number of likely N-dealkylation sites (N-methyl/N-ethyl adjacent to an activating group) is 1. The van der Waals surface area contributed by atoms with Gasteiger partial charge in [0.2, 0.25) is 11.8 Å². The number of fused-ring (bicyclic) bond motifs is 1. The van der Waals surface area contributed by atoms with Crippen LogP contribution in [0.25, 0.3) is 10.9 Å². The lowest BCUT2D eigenvalue weighted by Gasteiger charge is -2.18. The highest BCUT2D eigenvalue weighted by atomic mass is 16.6. The number of rotatable bonds is 14. The number of aromatic amines is 1. The second-order valence-electron chi connectivity index (χ2n) is 11.0. The van der Waals surface area contributed by atoms with Crippen molar-refractivity contribution >= 4 is 40.5 Å². The lowest BCUT2D eigenvalue weighted by Crippen LogP contribution is -2.45. The number of carbonyl (C=O) groups excluding carboxylic acids is 4. The average Bonchev–Trinajstić information content (AvgIpc) is 3.38. The number of aromatic nitrogens is 2. The molecule has 3 amide bonds. The van der Waals surface area contributed by atoms with Crippen molar-refractivity contribution in [3.63, 3.8) is 0 Å². The number of nitrogens with one attached hydrogen (secondary N) is 3. The second-order valence-corrected chi connectivity index (χ2v) is 11.0. The summed E-state index contributed by atoms with van der Waals surface area (Å²) >= 11 is 0. The molecule has 0 aliphatic carbocycles. The molecule has 0 aliphatic heterocycles. The molecule has 3 N–H and O–H groups in total. The molecule has 44 heavy (non-hydrogen) atoms. The van der Waals surface area contributed by atoms with E-state index in [-0.39, 0.29) is 44.2 Å². The molecule has 0 spiro atoms. The predicted octanol–water partition coefficient (Wildman–Crippen LogP) is 3.60. The Hall–Kier alpha value is -4.87. The number of H-pyrrole nitrogens is 1. The first-order valence-corrected chi connectivity index (χ1v) is 14.5. The molecule has 0 radical (unpaired) electrons. The van der Waals surface area contributed by atoms with Gasteiger partial charge in [0.25, 0.3) is 5.56 Å². The van der Waals surface area contributed by atoms with Crippen molar-refractivity contribution in [2.24, 2.45) is 5.92 Å². The first-order valence-electron chi connectivity index (χ1n) is 14.5. The van der Waals surface area contributed by atoms with Crippen LogP contribution in [0.1, 0.15) is 44.9 Å². The van der Waals surface area contributed by atoms with Crippen LogP contribution in [0.3, 0.4) is 0 Å². The number of hydrogen-bond acceptors (Lipinski definition) is 7. The van der Waals surface area contributed by atoms with Crippen LogP contribution >= 0.6 is 0 Å². The first-order chi connectivity index (χ1) is 20.9. The molecule has 1 unspecified atom stereocenters. The first kappa shape index (κ1) is 33.6. The van der Waals surface area contributed by atoms with Crippen LogP contribution in [0.5, 0.6) is 0 Å². The second kappa shape index (κ2) is 16.1. The molecule has 236 valence electrons. The van der Waals surface area contributed by atoms with Gasteiger partial charge in [0, 0.05) is 38.4 Å². The number of amides is 3. The fourth-order valence-corrected chi connectivity index (χ4v) is 4.50. The van der Waals surface area contributed by atoms with Crippen LogP contribution in [0.15, 0.2) is 59.5 Å². The van der Waals surface area contributed by atoms with Crippen molar-refractivity contribution in [3.8, 4) is 0 Å². The molecule has 1 aromatic carbocycles. The van der Waals surface area contributed by atoms with Crippen molar-refractivity contribution in [1.29, 1.82) is 0 Å². The predicted molar refractivity (Wildman–Crippen MR) is 167 cm³/mol. The summed E-state index contributed by atoms with van der Waals surface area (Å²) < 4.78 is 11.2. The third-order valence-corrected chi connectivity index (χ3v) is 6.60. The Kier molecular flexibility index (Phi) is 12.3. The standard InChI is InChI=1S/C32H41N5O7/c1-21(2)18-23-10-8-11-24-19-25(33-29(23)24)20-37-15-9-13-27(31(37)41)34-30(40)26(12-6-7-14-28(39)36(4)5)35-32(42)44-17-16-43-22(3)38/h7-11,13-15,19,21,26,33H,6,12,16-18,20H2,1-5H3,(H,34,40)(H,35,42)/b14-7+. The van der Waals surface area contributed by atoms with E-state index >= 15 is 0 Å². The quantitative estimate of drug-likeness (QED) is 0.144. The molecule has 0 fully saturated rings. The van der Waals surface area contributed by atoms with E-state index < -0.39 is 29.6 Å². The van der Waals surface area contributed by atoms with E-state index in [1.54, 1.807) is 32.4 Å². The van der Waals surface area contributed by atoms with E-state index in [9.17, 15) is 24.0 Å². The average molecular weight is 608 g/mol. The molecule has 0 aliphatic rings. The van der Waals surface area contributed by atoms with E-state index in [4.69, 9.17) is 9.47 Å². The van der Waals surface area contributed by atoms with E-state index in [0.29, 0.717) is 5.92 Å². The number of anilines is 1. The molecule has 3 rings (SSSR count). The highest BCUT2D eigenvalue weighted by molar-refractivity contribution is 5.96. The highest BCUT2D eigenvalue weighted by Crippen LogP contribution is 2.22. The molecule has 0 saturated carbocycles. The van der Waals surface area contributed by atoms with Gasteiger partial charge >= 0.3 is 12.1 Å². The minimum Gasteiger partial charge on any atom is -0.462 e. The monoisotopic (exact) mass is 607 g/mol. The maximum absolute atomic E-state index is 13.3. The number of allylic oxidation sites excluding steroid dienone is 1. The number of nitrogens with zero attached hydrogens (tertiary/aromatic N) is 2. The molecule has 2 aromatic heterocycles. The molecule has 2 heterocycles. The van der Waals surface area contributed by atoms with Crippen LogP contribution in [0, 0.1) is 5.92 Å². The van der Waals surface area contributed by atoms with Crippen molar-refractivity contribution in [3.05, 3.63) is 76.4 Å². The Morgan fingerprint density at radius 1 is 1.07 bits per heavy atom. The summed E-state index contributed by atoms with van der Waals surface area (Å²) in [6, 6.07) is 10.2. The Labute approximate surface area is 256 Å². The number of esters is 1. The summed E-state index contributed by atoms with van der Waals surface area (Å²) in [4.78, 5) is 66.6. The highest BCUT2D eigenvalue weighted by Gasteiger charge is 2.22. The van der Waals surface area contributed by atoms with Crippen molar-refractivity contribution in [2.45, 2.75) is 52.6 Å². The van der Waals surface area contributed by atoms with Gasteiger partial charge in [-0.25, -0.2) is 4.79 Å². The van der Waals surface area contributed by atoms with E-state index in [2.05, 4.69) is 35.5 Å². The molecule has 1 atom stereocenters. The van der Waals surface area contributed by atoms with Crippen LogP contribution in [-0.4, -0.2) is 71.7 Å². The Morgan fingerprint density at radius 2 is 1.82 bits per heavy atom. The largest absolute Gasteiger partial charge is 0.462 e. The fourth-order valence-electron chi connectivity index (χ4n) is 4.50. The van der Waals surface area contributed by atoms with Crippen molar-refractivity contribution < 1.29 is 28.7 Å². The van der Waals surface area contributed by atoms with Gasteiger partial charge in [0.15, 0.2) is 0 Å². The number of alkyl carbamates (subject to hydrolysis) is 1. The summed E-state index contributed by atoms with van der Waals surface area (Å²) in [5.41, 5.74) is 2.73. The number of ether oxygens (including phenoxy) is 2. The van der Waals surface area contributed by atoms with Crippen LogP contribution in [0.4, 0.5) is 10.5 Å². The smallest absolute Gasteiger partial charge is 0.407 e. The summed E-state index contributed by atoms with van der Waals surface area (Å²) in [7, 11) is 3.23. The van der Waals surface area contributed by atoms with E-state index in [1.807, 2.05) is 18.2 Å². The van der Waals surface area contributed by atoms with E-state index in [0.717, 1.165) is 23.0 Å². The normalized spacial score (nSPS) is 11.9. The zero-order valence-corrected chi connectivity index (χ0v) is 25.8. The number of benzene rings is 1. The minimum absolute atomic E-state index is 0.0439. The molecule has 0 bridgehead atoms. The zero-order valence-electron chi connectivity index (χ0n) is 25.8. The maximum Gasteiger partial charge on any atom is 0.407 e. The lowest BCUT2D eigenvalue weighted by molar-refractivity contribution is -0.142. The van der Waals surface area contributed by atoms with Gasteiger partial charge in [0.05, 0.1) is 6.54 Å². The van der Waals surface area contributed by atoms with Crippen LogP contribution < -0.4 is 16.2 Å². The van der Waals surface area contributed by atoms with Gasteiger partial charge in [-0.15, -0.1) is 0 Å². The van der Waals surface area contributed by atoms with Crippen LogP contribution in [-0.2, 0) is 36.8 Å². The lowest BCUT2D eigenvalue weighted by atomic mass is 10.0. The summed E-state index contributed by atoms with van der Waals surface area (Å²) in [6.45, 7) is 5.50. The summed E-state index contributed by atoms with van der Waals surface area (Å²) in [6.07, 6.45) is 5.04. The molecular formula is C32H41N5O7. The van der Waals surface area contributed by atoms with E-state index in [1.165, 1.54) is 34.1 Å². The fraction of sp³-hybridized carbons (Fsp3) is 0.406. The topological polar surface area (TPSA) is 152 Å². The molecule has 12 heteroatoms. The molecule has 3 aromatic rings. The van der Waals surface area contributed by atoms with Gasteiger partial charge in [-0.3, -0.25) is 19.2 Å². The van der Waals surface area contributed by atoms with Gasteiger partial charge in [-0.05, 0) is 60.4 Å². The maximum atomic E-state index is 13.3. The van der Waals surface area contributed by atoms with Crippen LogP contribution in [0.2, 0.25) is 0 Å². The van der Waals surface area contributed by atoms with Crippen molar-refractivity contribution in [1.82, 2.24) is 19.8 Å². The van der Waals surface area contributed by atoms with Gasteiger partial charge in [-0.2, -0.15) is 0 Å². The number of pyridine rings is 1. The Balaban J connectivity index is 1.73. The number of para-hydroxylation sites is 1. The third kappa shape index (κ3) is 10.1. The zero-order chi connectivity index (χ0) is 32.2.